The summed E-state index contributed by atoms with van der Waals surface area (Å²) in [6.45, 7) is 0.0630. The van der Waals surface area contributed by atoms with Gasteiger partial charge >= 0.3 is 0 Å². The molecule has 0 saturated carbocycles. The highest BCUT2D eigenvalue weighted by Gasteiger charge is 2.26. The van der Waals surface area contributed by atoms with Crippen molar-refractivity contribution in [3.8, 4) is 0 Å². The first-order valence-electron chi connectivity index (χ1n) is 4.31. The number of amides is 2. The second-order valence-corrected chi connectivity index (χ2v) is 3.08. The number of aromatic amines is 1. The van der Waals surface area contributed by atoms with Crippen molar-refractivity contribution in [2.45, 2.75) is 12.5 Å². The Balaban J connectivity index is 2.02. The van der Waals surface area contributed by atoms with Crippen LogP contribution in [0, 0.1) is 0 Å². The molecule has 6 heteroatoms. The topological polar surface area (TPSA) is 86.9 Å². The van der Waals surface area contributed by atoms with Crippen LogP contribution in [0.3, 0.4) is 0 Å². The summed E-state index contributed by atoms with van der Waals surface area (Å²) in [5.74, 6) is 0.356. The van der Waals surface area contributed by atoms with Crippen molar-refractivity contribution >= 4 is 11.8 Å². The van der Waals surface area contributed by atoms with Crippen molar-refractivity contribution in [1.82, 2.24) is 20.6 Å². The summed E-state index contributed by atoms with van der Waals surface area (Å²) in [5, 5.41) is 5.10. The van der Waals surface area contributed by atoms with E-state index in [2.05, 4.69) is 20.6 Å². The number of H-pyrrole nitrogens is 1. The first kappa shape index (κ1) is 8.74. The Morgan fingerprint density at radius 3 is 3.07 bits per heavy atom. The minimum absolute atomic E-state index is 0.0630. The molecule has 0 radical (unpaired) electrons. The maximum Gasteiger partial charge on any atom is 0.243 e. The highest BCUT2D eigenvalue weighted by Crippen LogP contribution is 1.99. The van der Waals surface area contributed by atoms with Gasteiger partial charge in [-0.1, -0.05) is 0 Å². The van der Waals surface area contributed by atoms with Gasteiger partial charge in [0.25, 0.3) is 0 Å². The molecule has 1 saturated heterocycles. The molecule has 2 amide bonds. The lowest BCUT2D eigenvalue weighted by atomic mass is 10.1. The van der Waals surface area contributed by atoms with Crippen molar-refractivity contribution in [3.05, 3.63) is 18.2 Å². The lowest BCUT2D eigenvalue weighted by molar-refractivity contribution is -0.133. The Labute approximate surface area is 80.1 Å². The predicted molar refractivity (Wildman–Crippen MR) is 47.2 cm³/mol. The van der Waals surface area contributed by atoms with E-state index in [1.807, 2.05) is 0 Å². The van der Waals surface area contributed by atoms with E-state index in [1.54, 1.807) is 12.4 Å². The Hall–Kier alpha value is -1.85. The minimum Gasteiger partial charge on any atom is -0.349 e. The van der Waals surface area contributed by atoms with E-state index in [1.165, 1.54) is 0 Å². The van der Waals surface area contributed by atoms with Crippen molar-refractivity contribution in [3.63, 3.8) is 0 Å². The number of hydrogen-bond donors (Lipinski definition) is 3. The van der Waals surface area contributed by atoms with Crippen molar-refractivity contribution in [2.24, 2.45) is 0 Å². The largest absolute Gasteiger partial charge is 0.349 e. The molecule has 2 rings (SSSR count). The third kappa shape index (κ3) is 1.73. The fourth-order valence-electron chi connectivity index (χ4n) is 1.35. The van der Waals surface area contributed by atoms with Gasteiger partial charge in [-0.05, 0) is 0 Å². The third-order valence-corrected chi connectivity index (χ3v) is 2.03. The van der Waals surface area contributed by atoms with Crippen LogP contribution in [0.25, 0.3) is 0 Å². The number of carbonyl (C=O) groups is 2. The molecule has 0 bridgehead atoms. The van der Waals surface area contributed by atoms with E-state index in [9.17, 15) is 9.59 Å². The molecule has 1 fully saturated rings. The first-order chi connectivity index (χ1) is 6.75. The van der Waals surface area contributed by atoms with E-state index in [0.717, 1.165) is 0 Å². The van der Waals surface area contributed by atoms with Gasteiger partial charge in [0.2, 0.25) is 11.8 Å². The number of carbonyl (C=O) groups excluding carboxylic acids is 2. The predicted octanol–water partition coefficient (Wildman–Crippen LogP) is -1.43. The van der Waals surface area contributed by atoms with Gasteiger partial charge < -0.3 is 15.6 Å². The Morgan fingerprint density at radius 2 is 2.36 bits per heavy atom. The molecular weight excluding hydrogens is 184 g/mol. The van der Waals surface area contributed by atoms with Crippen LogP contribution in [0.5, 0.6) is 0 Å². The van der Waals surface area contributed by atoms with Gasteiger partial charge in [0.1, 0.15) is 11.9 Å². The maximum absolute atomic E-state index is 11.3. The van der Waals surface area contributed by atoms with Gasteiger partial charge in [-0.2, -0.15) is 0 Å². The lowest BCUT2D eigenvalue weighted by Gasteiger charge is -2.22. The number of imidazole rings is 1. The monoisotopic (exact) mass is 194 g/mol. The van der Waals surface area contributed by atoms with E-state index in [4.69, 9.17) is 0 Å². The van der Waals surface area contributed by atoms with Crippen LogP contribution in [0.4, 0.5) is 0 Å². The number of nitrogens with one attached hydrogen (secondary N) is 3. The molecule has 0 spiro atoms. The molecule has 1 aliphatic heterocycles. The second kappa shape index (κ2) is 3.49. The van der Waals surface area contributed by atoms with Crippen LogP contribution in [-0.4, -0.2) is 34.4 Å². The number of piperazine rings is 1. The summed E-state index contributed by atoms with van der Waals surface area (Å²) < 4.78 is 0. The van der Waals surface area contributed by atoms with E-state index < -0.39 is 6.04 Å². The minimum atomic E-state index is -0.512. The zero-order valence-corrected chi connectivity index (χ0v) is 7.41. The normalized spacial score (nSPS) is 21.6. The van der Waals surface area contributed by atoms with Crippen LogP contribution in [-0.2, 0) is 16.0 Å². The zero-order valence-electron chi connectivity index (χ0n) is 7.41. The van der Waals surface area contributed by atoms with Crippen LogP contribution >= 0.6 is 0 Å². The third-order valence-electron chi connectivity index (χ3n) is 2.03. The van der Waals surface area contributed by atoms with E-state index in [-0.39, 0.29) is 18.4 Å². The summed E-state index contributed by atoms with van der Waals surface area (Å²) in [6, 6.07) is -0.512. The molecule has 1 aromatic rings. The molecule has 1 aliphatic rings. The molecule has 2 heterocycles. The van der Waals surface area contributed by atoms with Crippen LogP contribution in [0.2, 0.25) is 0 Å². The molecule has 14 heavy (non-hydrogen) atoms. The van der Waals surface area contributed by atoms with E-state index in [0.29, 0.717) is 12.2 Å². The van der Waals surface area contributed by atoms with Gasteiger partial charge in [0, 0.05) is 18.8 Å². The molecule has 0 aromatic carbocycles. The molecular formula is C8H10N4O2. The Bertz CT molecular complexity index is 346. The van der Waals surface area contributed by atoms with E-state index >= 15 is 0 Å². The molecule has 1 aromatic heterocycles. The standard InChI is InChI=1S/C8H10N4O2/c13-7-4-11-8(14)5(12-7)3-6-9-1-2-10-6/h1-2,5H,3-4H2,(H,9,10)(H,11,14)(H,12,13)/t5-/m1/s1. The van der Waals surface area contributed by atoms with Crippen molar-refractivity contribution < 1.29 is 9.59 Å². The van der Waals surface area contributed by atoms with Gasteiger partial charge in [-0.25, -0.2) is 4.98 Å². The maximum atomic E-state index is 11.3. The summed E-state index contributed by atoms with van der Waals surface area (Å²) >= 11 is 0. The summed E-state index contributed by atoms with van der Waals surface area (Å²) in [5.41, 5.74) is 0. The van der Waals surface area contributed by atoms with Crippen LogP contribution in [0.1, 0.15) is 5.82 Å². The Morgan fingerprint density at radius 1 is 1.50 bits per heavy atom. The van der Waals surface area contributed by atoms with Crippen molar-refractivity contribution in [2.75, 3.05) is 6.54 Å². The smallest absolute Gasteiger partial charge is 0.243 e. The van der Waals surface area contributed by atoms with Gasteiger partial charge in [-0.15, -0.1) is 0 Å². The SMILES string of the molecule is O=C1CNC(=O)[C@@H](Cc2ncc[nH]2)N1. The molecule has 6 nitrogen and oxygen atoms in total. The number of nitrogens with zero attached hydrogens (tertiary/aromatic N) is 1. The number of hydrogen-bond acceptors (Lipinski definition) is 3. The van der Waals surface area contributed by atoms with Gasteiger partial charge in [-0.3, -0.25) is 9.59 Å². The Kier molecular flexibility index (Phi) is 2.18. The average molecular weight is 194 g/mol. The highest BCUT2D eigenvalue weighted by molar-refractivity contribution is 5.94. The van der Waals surface area contributed by atoms with Crippen molar-refractivity contribution in [1.29, 1.82) is 0 Å². The fourth-order valence-corrected chi connectivity index (χ4v) is 1.35. The number of aromatic nitrogens is 2. The highest BCUT2D eigenvalue weighted by atomic mass is 16.2. The summed E-state index contributed by atoms with van der Waals surface area (Å²) in [7, 11) is 0. The summed E-state index contributed by atoms with van der Waals surface area (Å²) in [4.78, 5) is 29.2. The average Bonchev–Trinajstić information content (AvgIpc) is 2.64. The van der Waals surface area contributed by atoms with Crippen LogP contribution in [0.15, 0.2) is 12.4 Å². The first-order valence-corrected chi connectivity index (χ1v) is 4.31. The lowest BCUT2D eigenvalue weighted by Crippen LogP contribution is -2.57. The molecule has 74 valence electrons. The summed E-state index contributed by atoms with van der Waals surface area (Å²) in [6.07, 6.45) is 3.68. The second-order valence-electron chi connectivity index (χ2n) is 3.08. The van der Waals surface area contributed by atoms with Gasteiger partial charge in [0.15, 0.2) is 0 Å². The quantitative estimate of drug-likeness (QED) is 0.539. The molecule has 0 aliphatic carbocycles. The fraction of sp³-hybridized carbons (Fsp3) is 0.375. The number of rotatable bonds is 2. The molecule has 1 atom stereocenters. The molecule has 0 unspecified atom stereocenters. The van der Waals surface area contributed by atoms with Crippen LogP contribution < -0.4 is 10.6 Å². The zero-order chi connectivity index (χ0) is 9.97. The van der Waals surface area contributed by atoms with Gasteiger partial charge in [0.05, 0.1) is 6.54 Å². The molecule has 3 N–H and O–H groups in total.